The van der Waals surface area contributed by atoms with Crippen LogP contribution in [-0.4, -0.2) is 36.5 Å². The summed E-state index contributed by atoms with van der Waals surface area (Å²) in [5.74, 6) is 0.738. The lowest BCUT2D eigenvalue weighted by Crippen LogP contribution is -2.15. The van der Waals surface area contributed by atoms with E-state index >= 15 is 0 Å². The number of thioether (sulfide) groups is 1. The van der Waals surface area contributed by atoms with Crippen molar-refractivity contribution in [2.24, 2.45) is 0 Å². The summed E-state index contributed by atoms with van der Waals surface area (Å²) in [6.45, 7) is 1.94. The van der Waals surface area contributed by atoms with Crippen LogP contribution in [0, 0.1) is 6.92 Å². The van der Waals surface area contributed by atoms with Crippen LogP contribution in [0.3, 0.4) is 0 Å². The maximum atomic E-state index is 5.04. The number of rotatable bonds is 5. The zero-order chi connectivity index (χ0) is 9.68. The molecule has 0 atom stereocenters. The molecule has 4 nitrogen and oxygen atoms in total. The summed E-state index contributed by atoms with van der Waals surface area (Å²) in [5.41, 5.74) is 0. The molecule has 1 heterocycles. The summed E-state index contributed by atoms with van der Waals surface area (Å²) in [6.07, 6.45) is -0.172. The second kappa shape index (κ2) is 5.54. The van der Waals surface area contributed by atoms with Crippen LogP contribution in [0.2, 0.25) is 0 Å². The fraction of sp³-hybridized carbons (Fsp3) is 0.714. The largest absolute Gasteiger partial charge is 0.355 e. The van der Waals surface area contributed by atoms with Gasteiger partial charge in [-0.05, 0) is 6.92 Å². The first-order valence-electron chi connectivity index (χ1n) is 3.74. The average molecular weight is 220 g/mol. The van der Waals surface area contributed by atoms with Crippen molar-refractivity contribution in [2.45, 2.75) is 17.6 Å². The Morgan fingerprint density at radius 3 is 2.54 bits per heavy atom. The zero-order valence-corrected chi connectivity index (χ0v) is 9.44. The van der Waals surface area contributed by atoms with Gasteiger partial charge in [0.05, 0.1) is 5.75 Å². The Morgan fingerprint density at radius 1 is 1.38 bits per heavy atom. The number of hydrogen-bond donors (Lipinski definition) is 0. The minimum Gasteiger partial charge on any atom is -0.355 e. The van der Waals surface area contributed by atoms with Gasteiger partial charge in [0.1, 0.15) is 5.01 Å². The molecule has 0 N–H and O–H groups in total. The van der Waals surface area contributed by atoms with E-state index < -0.39 is 0 Å². The molecule has 0 aliphatic rings. The fourth-order valence-corrected chi connectivity index (χ4v) is 2.58. The van der Waals surface area contributed by atoms with Gasteiger partial charge in [-0.1, -0.05) is 23.1 Å². The summed E-state index contributed by atoms with van der Waals surface area (Å²) in [7, 11) is 3.25. The van der Waals surface area contributed by atoms with Crippen molar-refractivity contribution in [3.63, 3.8) is 0 Å². The van der Waals surface area contributed by atoms with E-state index in [1.807, 2.05) is 6.92 Å². The van der Waals surface area contributed by atoms with Crippen molar-refractivity contribution in [3.05, 3.63) is 5.01 Å². The Hall–Kier alpha value is -0.170. The van der Waals surface area contributed by atoms with Gasteiger partial charge in [0.15, 0.2) is 10.6 Å². The number of methoxy groups -OCH3 is 2. The summed E-state index contributed by atoms with van der Waals surface area (Å²) in [4.78, 5) is 0. The Labute approximate surface area is 85.7 Å². The van der Waals surface area contributed by atoms with E-state index in [0.29, 0.717) is 0 Å². The molecule has 0 saturated heterocycles. The minimum atomic E-state index is -0.172. The molecule has 0 unspecified atom stereocenters. The molecule has 0 bridgehead atoms. The Morgan fingerprint density at radius 2 is 2.08 bits per heavy atom. The van der Waals surface area contributed by atoms with Gasteiger partial charge in [-0.3, -0.25) is 0 Å². The number of ether oxygens (including phenoxy) is 2. The normalized spacial score (nSPS) is 11.1. The molecule has 13 heavy (non-hydrogen) atoms. The van der Waals surface area contributed by atoms with Crippen LogP contribution in [0.15, 0.2) is 4.34 Å². The Kier molecular flexibility index (Phi) is 4.65. The van der Waals surface area contributed by atoms with Gasteiger partial charge >= 0.3 is 0 Å². The van der Waals surface area contributed by atoms with Gasteiger partial charge in [-0.25, -0.2) is 0 Å². The standard InChI is InChI=1S/C7H12N2O2S2/c1-5-8-9-7(13-5)12-4-6(10-2)11-3/h6H,4H2,1-3H3. The zero-order valence-electron chi connectivity index (χ0n) is 7.81. The fourth-order valence-electron chi connectivity index (χ4n) is 0.708. The van der Waals surface area contributed by atoms with Crippen molar-refractivity contribution in [3.8, 4) is 0 Å². The van der Waals surface area contributed by atoms with E-state index in [0.717, 1.165) is 15.1 Å². The van der Waals surface area contributed by atoms with Gasteiger partial charge in [-0.2, -0.15) is 0 Å². The van der Waals surface area contributed by atoms with Gasteiger partial charge in [0.25, 0.3) is 0 Å². The average Bonchev–Trinajstić information content (AvgIpc) is 2.53. The first kappa shape index (κ1) is 10.9. The first-order chi connectivity index (χ1) is 6.26. The van der Waals surface area contributed by atoms with Crippen LogP contribution in [0.25, 0.3) is 0 Å². The number of hydrogen-bond acceptors (Lipinski definition) is 6. The summed E-state index contributed by atoms with van der Waals surface area (Å²) in [6, 6.07) is 0. The molecule has 74 valence electrons. The van der Waals surface area contributed by atoms with Crippen molar-refractivity contribution in [2.75, 3.05) is 20.0 Å². The van der Waals surface area contributed by atoms with E-state index in [9.17, 15) is 0 Å². The van der Waals surface area contributed by atoms with E-state index in [2.05, 4.69) is 10.2 Å². The highest BCUT2D eigenvalue weighted by molar-refractivity contribution is 8.01. The second-order valence-electron chi connectivity index (χ2n) is 2.30. The number of aromatic nitrogens is 2. The monoisotopic (exact) mass is 220 g/mol. The van der Waals surface area contributed by atoms with E-state index in [-0.39, 0.29) is 6.29 Å². The highest BCUT2D eigenvalue weighted by Crippen LogP contribution is 2.22. The summed E-state index contributed by atoms with van der Waals surface area (Å²) < 4.78 is 11.0. The predicted molar refractivity (Wildman–Crippen MR) is 53.2 cm³/mol. The molecule has 1 aromatic heterocycles. The highest BCUT2D eigenvalue weighted by atomic mass is 32.2. The molecule has 0 amide bonds. The Balaban J connectivity index is 2.33. The number of aryl methyl sites for hydroxylation is 1. The highest BCUT2D eigenvalue weighted by Gasteiger charge is 2.08. The van der Waals surface area contributed by atoms with Crippen molar-refractivity contribution >= 4 is 23.1 Å². The minimum absolute atomic E-state index is 0.172. The molecule has 6 heteroatoms. The van der Waals surface area contributed by atoms with Crippen molar-refractivity contribution < 1.29 is 9.47 Å². The third kappa shape index (κ3) is 3.60. The molecule has 0 fully saturated rings. The maximum absolute atomic E-state index is 5.04. The van der Waals surface area contributed by atoms with Crippen LogP contribution in [0.4, 0.5) is 0 Å². The van der Waals surface area contributed by atoms with Gasteiger partial charge in [-0.15, -0.1) is 10.2 Å². The topological polar surface area (TPSA) is 44.2 Å². The molecule has 0 spiro atoms. The quantitative estimate of drug-likeness (QED) is 0.556. The molecule has 0 radical (unpaired) electrons. The predicted octanol–water partition coefficient (Wildman–Crippen LogP) is 1.56. The Bertz CT molecular complexity index is 250. The summed E-state index contributed by atoms with van der Waals surface area (Å²) in [5, 5.41) is 8.87. The van der Waals surface area contributed by atoms with E-state index in [4.69, 9.17) is 9.47 Å². The lowest BCUT2D eigenvalue weighted by Gasteiger charge is -2.10. The van der Waals surface area contributed by atoms with E-state index in [1.54, 1.807) is 37.3 Å². The lowest BCUT2D eigenvalue weighted by atomic mass is 10.7. The van der Waals surface area contributed by atoms with Crippen LogP contribution in [0.1, 0.15) is 5.01 Å². The smallest absolute Gasteiger partial charge is 0.174 e. The van der Waals surface area contributed by atoms with Crippen molar-refractivity contribution in [1.82, 2.24) is 10.2 Å². The SMILES string of the molecule is COC(CSc1nnc(C)s1)OC. The molecule has 0 aliphatic heterocycles. The van der Waals surface area contributed by atoms with Crippen LogP contribution in [0.5, 0.6) is 0 Å². The second-order valence-corrected chi connectivity index (χ2v) is 4.75. The summed E-state index contributed by atoms with van der Waals surface area (Å²) >= 11 is 3.17. The van der Waals surface area contributed by atoms with Gasteiger partial charge in [0.2, 0.25) is 0 Å². The van der Waals surface area contributed by atoms with E-state index in [1.165, 1.54) is 0 Å². The van der Waals surface area contributed by atoms with Crippen LogP contribution >= 0.6 is 23.1 Å². The first-order valence-corrected chi connectivity index (χ1v) is 5.55. The number of nitrogens with zero attached hydrogens (tertiary/aromatic N) is 2. The molecule has 0 aromatic carbocycles. The van der Waals surface area contributed by atoms with Gasteiger partial charge < -0.3 is 9.47 Å². The maximum Gasteiger partial charge on any atom is 0.174 e. The molecular weight excluding hydrogens is 208 g/mol. The molecule has 1 aromatic rings. The van der Waals surface area contributed by atoms with Crippen LogP contribution in [-0.2, 0) is 9.47 Å². The van der Waals surface area contributed by atoms with Gasteiger partial charge in [0, 0.05) is 14.2 Å². The lowest BCUT2D eigenvalue weighted by molar-refractivity contribution is -0.0842. The molecule has 1 rings (SSSR count). The van der Waals surface area contributed by atoms with Crippen molar-refractivity contribution in [1.29, 1.82) is 0 Å². The third-order valence-corrected chi connectivity index (χ3v) is 3.38. The third-order valence-electron chi connectivity index (χ3n) is 1.38. The van der Waals surface area contributed by atoms with Crippen LogP contribution < -0.4 is 0 Å². The molecule has 0 aliphatic carbocycles. The molecule has 0 saturated carbocycles. The molecular formula is C7H12N2O2S2.